The zero-order valence-electron chi connectivity index (χ0n) is 12.0. The highest BCUT2D eigenvalue weighted by molar-refractivity contribution is 4.96. The molecule has 0 radical (unpaired) electrons. The Kier molecular flexibility index (Phi) is 4.78. The third kappa shape index (κ3) is 3.12. The summed E-state index contributed by atoms with van der Waals surface area (Å²) < 4.78 is 2.10. The molecule has 0 aliphatic carbocycles. The van der Waals surface area contributed by atoms with Gasteiger partial charge in [0.2, 0.25) is 0 Å². The molecule has 1 atom stereocenters. The molecule has 1 aromatic rings. The van der Waals surface area contributed by atoms with Crippen LogP contribution >= 0.6 is 0 Å². The van der Waals surface area contributed by atoms with Crippen molar-refractivity contribution in [3.05, 3.63) is 18.0 Å². The first-order valence-electron chi connectivity index (χ1n) is 7.19. The fourth-order valence-corrected chi connectivity index (χ4v) is 2.92. The van der Waals surface area contributed by atoms with E-state index in [2.05, 4.69) is 46.4 Å². The topological polar surface area (TPSA) is 24.3 Å². The van der Waals surface area contributed by atoms with E-state index in [9.17, 15) is 0 Å². The zero-order valence-corrected chi connectivity index (χ0v) is 12.0. The molecule has 1 fully saturated rings. The van der Waals surface area contributed by atoms with Gasteiger partial charge in [-0.15, -0.1) is 0 Å². The van der Waals surface area contributed by atoms with Crippen molar-refractivity contribution in [3.63, 3.8) is 0 Å². The predicted octanol–water partition coefficient (Wildman–Crippen LogP) is 1.61. The first-order valence-corrected chi connectivity index (χ1v) is 7.19. The Morgan fingerprint density at radius 3 is 2.72 bits per heavy atom. The summed E-state index contributed by atoms with van der Waals surface area (Å²) in [5.41, 5.74) is 1.26. The first-order chi connectivity index (χ1) is 8.74. The smallest absolute Gasteiger partial charge is 0.0539 e. The summed E-state index contributed by atoms with van der Waals surface area (Å²) in [4.78, 5) is 5.16. The van der Waals surface area contributed by atoms with Crippen LogP contribution in [-0.2, 0) is 6.54 Å². The normalized spacial score (nSPS) is 21.0. The molecule has 1 saturated heterocycles. The number of aryl methyl sites for hydroxylation is 1. The summed E-state index contributed by atoms with van der Waals surface area (Å²) in [7, 11) is 0. The van der Waals surface area contributed by atoms with Crippen molar-refractivity contribution in [2.75, 3.05) is 32.7 Å². The van der Waals surface area contributed by atoms with E-state index in [0.29, 0.717) is 0 Å². The van der Waals surface area contributed by atoms with Crippen LogP contribution in [0.2, 0.25) is 0 Å². The van der Waals surface area contributed by atoms with Crippen molar-refractivity contribution in [1.82, 2.24) is 19.6 Å². The van der Waals surface area contributed by atoms with E-state index in [4.69, 9.17) is 0 Å². The van der Waals surface area contributed by atoms with E-state index in [0.717, 1.165) is 19.1 Å². The predicted molar refractivity (Wildman–Crippen MR) is 74.7 cm³/mol. The second-order valence-electron chi connectivity index (χ2n) is 5.16. The summed E-state index contributed by atoms with van der Waals surface area (Å²) in [6.45, 7) is 13.6. The highest BCUT2D eigenvalue weighted by Crippen LogP contribution is 2.15. The molecule has 0 N–H and O–H groups in total. The first kappa shape index (κ1) is 13.6. The molecular weight excluding hydrogens is 224 g/mol. The Hall–Kier alpha value is -0.870. The van der Waals surface area contributed by atoms with Gasteiger partial charge in [0.25, 0.3) is 0 Å². The standard InChI is InChI=1S/C14H26N4/c1-4-17(5-2)14-7-9-16(12-14)10-11-18-13(3)6-8-15-18/h6,8,14H,4-5,7,9-12H2,1-3H3. The molecule has 4 heteroatoms. The fourth-order valence-electron chi connectivity index (χ4n) is 2.92. The van der Waals surface area contributed by atoms with Crippen LogP contribution in [0.1, 0.15) is 26.0 Å². The van der Waals surface area contributed by atoms with Gasteiger partial charge in [0, 0.05) is 31.0 Å². The van der Waals surface area contributed by atoms with Gasteiger partial charge in [-0.05, 0) is 39.0 Å². The van der Waals surface area contributed by atoms with Gasteiger partial charge in [0.15, 0.2) is 0 Å². The van der Waals surface area contributed by atoms with Gasteiger partial charge in [-0.25, -0.2) is 0 Å². The van der Waals surface area contributed by atoms with E-state index >= 15 is 0 Å². The molecule has 1 unspecified atom stereocenters. The van der Waals surface area contributed by atoms with E-state index in [-0.39, 0.29) is 0 Å². The van der Waals surface area contributed by atoms with Crippen molar-refractivity contribution < 1.29 is 0 Å². The molecule has 0 aromatic carbocycles. The lowest BCUT2D eigenvalue weighted by Crippen LogP contribution is -2.37. The van der Waals surface area contributed by atoms with Gasteiger partial charge >= 0.3 is 0 Å². The van der Waals surface area contributed by atoms with E-state index < -0.39 is 0 Å². The molecule has 0 amide bonds. The average molecular weight is 250 g/mol. The van der Waals surface area contributed by atoms with Gasteiger partial charge in [0.1, 0.15) is 0 Å². The summed E-state index contributed by atoms with van der Waals surface area (Å²) in [5, 5.41) is 4.34. The molecule has 2 heterocycles. The van der Waals surface area contributed by atoms with Crippen LogP contribution in [0, 0.1) is 6.92 Å². The zero-order chi connectivity index (χ0) is 13.0. The van der Waals surface area contributed by atoms with Gasteiger partial charge in [-0.1, -0.05) is 13.8 Å². The minimum Gasteiger partial charge on any atom is -0.300 e. The lowest BCUT2D eigenvalue weighted by atomic mass is 10.2. The van der Waals surface area contributed by atoms with E-state index in [1.165, 1.54) is 38.3 Å². The molecule has 1 aliphatic heterocycles. The number of hydrogen-bond donors (Lipinski definition) is 0. The van der Waals surface area contributed by atoms with Gasteiger partial charge in [0.05, 0.1) is 6.54 Å². The van der Waals surface area contributed by atoms with Gasteiger partial charge in [-0.3, -0.25) is 14.5 Å². The van der Waals surface area contributed by atoms with E-state index in [1.54, 1.807) is 0 Å². The number of hydrogen-bond acceptors (Lipinski definition) is 3. The third-order valence-corrected chi connectivity index (χ3v) is 4.13. The van der Waals surface area contributed by atoms with E-state index in [1.807, 2.05) is 6.20 Å². The molecule has 2 rings (SSSR count). The van der Waals surface area contributed by atoms with Gasteiger partial charge < -0.3 is 0 Å². The van der Waals surface area contributed by atoms with Crippen molar-refractivity contribution in [1.29, 1.82) is 0 Å². The number of rotatable bonds is 6. The van der Waals surface area contributed by atoms with Crippen LogP contribution in [0.3, 0.4) is 0 Å². The Balaban J connectivity index is 1.78. The quantitative estimate of drug-likeness (QED) is 0.766. The van der Waals surface area contributed by atoms with Crippen molar-refractivity contribution in [2.24, 2.45) is 0 Å². The van der Waals surface area contributed by atoms with Crippen molar-refractivity contribution in [2.45, 2.75) is 39.8 Å². The van der Waals surface area contributed by atoms with Crippen LogP contribution in [-0.4, -0.2) is 58.3 Å². The molecule has 4 nitrogen and oxygen atoms in total. The number of aromatic nitrogens is 2. The average Bonchev–Trinajstić information content (AvgIpc) is 2.98. The molecule has 1 aliphatic rings. The number of nitrogens with zero attached hydrogens (tertiary/aromatic N) is 4. The third-order valence-electron chi connectivity index (χ3n) is 4.13. The van der Waals surface area contributed by atoms with Crippen LogP contribution in [0.5, 0.6) is 0 Å². The second kappa shape index (κ2) is 6.34. The summed E-state index contributed by atoms with van der Waals surface area (Å²) in [5.74, 6) is 0. The van der Waals surface area contributed by atoms with Crippen LogP contribution in [0.15, 0.2) is 12.3 Å². The lowest BCUT2D eigenvalue weighted by molar-refractivity contribution is 0.208. The minimum absolute atomic E-state index is 0.763. The largest absolute Gasteiger partial charge is 0.300 e. The van der Waals surface area contributed by atoms with Crippen molar-refractivity contribution >= 4 is 0 Å². The SMILES string of the molecule is CCN(CC)C1CCN(CCn2nccc2C)C1. The monoisotopic (exact) mass is 250 g/mol. The molecular formula is C14H26N4. The Bertz CT molecular complexity index is 356. The summed E-state index contributed by atoms with van der Waals surface area (Å²) in [6.07, 6.45) is 3.21. The summed E-state index contributed by atoms with van der Waals surface area (Å²) in [6, 6.07) is 2.83. The highest BCUT2D eigenvalue weighted by Gasteiger charge is 2.25. The molecule has 18 heavy (non-hydrogen) atoms. The molecule has 0 saturated carbocycles. The molecule has 1 aromatic heterocycles. The Labute approximate surface area is 111 Å². The fraction of sp³-hybridized carbons (Fsp3) is 0.786. The molecule has 0 spiro atoms. The maximum absolute atomic E-state index is 4.34. The van der Waals surface area contributed by atoms with Crippen LogP contribution < -0.4 is 0 Å². The highest BCUT2D eigenvalue weighted by atomic mass is 15.3. The summed E-state index contributed by atoms with van der Waals surface area (Å²) >= 11 is 0. The number of likely N-dealkylation sites (tertiary alicyclic amines) is 1. The Morgan fingerprint density at radius 2 is 2.11 bits per heavy atom. The second-order valence-corrected chi connectivity index (χ2v) is 5.16. The van der Waals surface area contributed by atoms with Crippen molar-refractivity contribution in [3.8, 4) is 0 Å². The maximum atomic E-state index is 4.34. The molecule has 0 bridgehead atoms. The minimum atomic E-state index is 0.763. The molecule has 102 valence electrons. The lowest BCUT2D eigenvalue weighted by Gasteiger charge is -2.26. The Morgan fingerprint density at radius 1 is 1.33 bits per heavy atom. The van der Waals surface area contributed by atoms with Crippen LogP contribution in [0.4, 0.5) is 0 Å². The maximum Gasteiger partial charge on any atom is 0.0539 e. The van der Waals surface area contributed by atoms with Gasteiger partial charge in [-0.2, -0.15) is 5.10 Å². The number of likely N-dealkylation sites (N-methyl/N-ethyl adjacent to an activating group) is 1. The van der Waals surface area contributed by atoms with Crippen LogP contribution in [0.25, 0.3) is 0 Å².